The largest absolute Gasteiger partial charge is 0.492 e. The van der Waals surface area contributed by atoms with E-state index in [9.17, 15) is 18.0 Å². The summed E-state index contributed by atoms with van der Waals surface area (Å²) in [6.07, 6.45) is -4.39. The summed E-state index contributed by atoms with van der Waals surface area (Å²) >= 11 is 0. The molecule has 1 N–H and O–H groups in total. The second-order valence-corrected chi connectivity index (χ2v) is 5.79. The van der Waals surface area contributed by atoms with Crippen molar-refractivity contribution in [3.63, 3.8) is 0 Å². The molecule has 1 aliphatic rings. The average Bonchev–Trinajstić information content (AvgIpc) is 2.76. The molecular weight excluding hydrogens is 333 g/mol. The van der Waals surface area contributed by atoms with Gasteiger partial charge in [0.1, 0.15) is 12.4 Å². The van der Waals surface area contributed by atoms with E-state index in [1.165, 1.54) is 12.1 Å². The molecule has 0 bridgehead atoms. The first kappa shape index (κ1) is 17.3. The van der Waals surface area contributed by atoms with Gasteiger partial charge in [-0.15, -0.1) is 0 Å². The van der Waals surface area contributed by atoms with Crippen LogP contribution in [0.4, 0.5) is 18.9 Å². The molecule has 3 rings (SSSR count). The molecule has 0 radical (unpaired) electrons. The molecule has 1 aliphatic heterocycles. The Hall–Kier alpha value is -2.54. The SMILES string of the molecule is O=C(CN1CCOc2ccccc2C1)Nc1ccc(C(F)(F)F)cc1. The Kier molecular flexibility index (Phi) is 4.94. The van der Waals surface area contributed by atoms with Crippen molar-refractivity contribution in [1.82, 2.24) is 4.90 Å². The minimum absolute atomic E-state index is 0.138. The Morgan fingerprint density at radius 3 is 2.56 bits per heavy atom. The topological polar surface area (TPSA) is 41.6 Å². The van der Waals surface area contributed by atoms with E-state index in [2.05, 4.69) is 5.32 Å². The maximum absolute atomic E-state index is 12.5. The van der Waals surface area contributed by atoms with Crippen molar-refractivity contribution in [2.45, 2.75) is 12.7 Å². The quantitative estimate of drug-likeness (QED) is 0.921. The van der Waals surface area contributed by atoms with Crippen LogP contribution in [0.25, 0.3) is 0 Å². The average molecular weight is 350 g/mol. The number of halogens is 3. The van der Waals surface area contributed by atoms with Crippen molar-refractivity contribution in [1.29, 1.82) is 0 Å². The van der Waals surface area contributed by atoms with Crippen molar-refractivity contribution in [3.8, 4) is 5.75 Å². The summed E-state index contributed by atoms with van der Waals surface area (Å²) in [5.41, 5.74) is 0.596. The Balaban J connectivity index is 1.59. The van der Waals surface area contributed by atoms with Crippen LogP contribution in [0.15, 0.2) is 48.5 Å². The van der Waals surface area contributed by atoms with Gasteiger partial charge in [-0.3, -0.25) is 9.69 Å². The van der Waals surface area contributed by atoms with Gasteiger partial charge in [-0.2, -0.15) is 13.2 Å². The zero-order valence-corrected chi connectivity index (χ0v) is 13.3. The van der Waals surface area contributed by atoms with Gasteiger partial charge < -0.3 is 10.1 Å². The van der Waals surface area contributed by atoms with E-state index in [1.807, 2.05) is 29.2 Å². The van der Waals surface area contributed by atoms with Crippen molar-refractivity contribution >= 4 is 11.6 Å². The van der Waals surface area contributed by atoms with Crippen LogP contribution in [0, 0.1) is 0 Å². The summed E-state index contributed by atoms with van der Waals surface area (Å²) in [4.78, 5) is 14.1. The van der Waals surface area contributed by atoms with Gasteiger partial charge in [0.05, 0.1) is 12.1 Å². The van der Waals surface area contributed by atoms with Gasteiger partial charge in [0.25, 0.3) is 0 Å². The number of nitrogens with zero attached hydrogens (tertiary/aromatic N) is 1. The second kappa shape index (κ2) is 7.14. The first-order chi connectivity index (χ1) is 11.9. The van der Waals surface area contributed by atoms with Gasteiger partial charge in [-0.25, -0.2) is 0 Å². The number of amides is 1. The monoisotopic (exact) mass is 350 g/mol. The minimum atomic E-state index is -4.39. The highest BCUT2D eigenvalue weighted by atomic mass is 19.4. The van der Waals surface area contributed by atoms with Gasteiger partial charge in [0, 0.05) is 24.3 Å². The molecule has 4 nitrogen and oxygen atoms in total. The van der Waals surface area contributed by atoms with E-state index in [1.54, 1.807) is 0 Å². The van der Waals surface area contributed by atoms with Crippen molar-refractivity contribution < 1.29 is 22.7 Å². The lowest BCUT2D eigenvalue weighted by Crippen LogP contribution is -2.34. The van der Waals surface area contributed by atoms with Gasteiger partial charge in [-0.05, 0) is 30.3 Å². The second-order valence-electron chi connectivity index (χ2n) is 5.79. The number of nitrogens with one attached hydrogen (secondary N) is 1. The third-order valence-electron chi connectivity index (χ3n) is 3.89. The predicted octanol–water partition coefficient (Wildman–Crippen LogP) is 3.54. The number of rotatable bonds is 3. The maximum Gasteiger partial charge on any atom is 0.416 e. The van der Waals surface area contributed by atoms with Crippen LogP contribution in [0.5, 0.6) is 5.75 Å². The summed E-state index contributed by atoms with van der Waals surface area (Å²) in [6.45, 7) is 1.79. The molecule has 25 heavy (non-hydrogen) atoms. The van der Waals surface area contributed by atoms with Crippen LogP contribution in [-0.4, -0.2) is 30.5 Å². The molecule has 1 amide bonds. The van der Waals surface area contributed by atoms with Gasteiger partial charge >= 0.3 is 6.18 Å². The number of para-hydroxylation sites is 1. The van der Waals surface area contributed by atoms with Gasteiger partial charge in [0.2, 0.25) is 5.91 Å². The maximum atomic E-state index is 12.5. The minimum Gasteiger partial charge on any atom is -0.492 e. The fourth-order valence-corrected chi connectivity index (χ4v) is 2.66. The van der Waals surface area contributed by atoms with Gasteiger partial charge in [-0.1, -0.05) is 18.2 Å². The first-order valence-corrected chi connectivity index (χ1v) is 7.82. The van der Waals surface area contributed by atoms with Crippen LogP contribution >= 0.6 is 0 Å². The van der Waals surface area contributed by atoms with E-state index in [-0.39, 0.29) is 12.5 Å². The number of ether oxygens (including phenoxy) is 1. The summed E-state index contributed by atoms with van der Waals surface area (Å²) in [6, 6.07) is 12.0. The molecule has 7 heteroatoms. The highest BCUT2D eigenvalue weighted by Gasteiger charge is 2.30. The smallest absolute Gasteiger partial charge is 0.416 e. The standard InChI is InChI=1S/C18H17F3N2O2/c19-18(20,21)14-5-7-15(8-6-14)22-17(24)12-23-9-10-25-16-4-2-1-3-13(16)11-23/h1-8H,9-12H2,(H,22,24). The normalized spacial score (nSPS) is 15.0. The summed E-state index contributed by atoms with van der Waals surface area (Å²) < 4.78 is 43.3. The third-order valence-corrected chi connectivity index (χ3v) is 3.89. The van der Waals surface area contributed by atoms with Crippen LogP contribution in [0.3, 0.4) is 0 Å². The zero-order valence-electron chi connectivity index (χ0n) is 13.3. The molecule has 0 aliphatic carbocycles. The number of benzene rings is 2. The number of hydrogen-bond donors (Lipinski definition) is 1. The summed E-state index contributed by atoms with van der Waals surface area (Å²) in [7, 11) is 0. The van der Waals surface area contributed by atoms with Crippen LogP contribution in [0.1, 0.15) is 11.1 Å². The Morgan fingerprint density at radius 1 is 1.12 bits per heavy atom. The van der Waals surface area contributed by atoms with Crippen LogP contribution in [0.2, 0.25) is 0 Å². The lowest BCUT2D eigenvalue weighted by Gasteiger charge is -2.18. The molecule has 0 saturated heterocycles. The zero-order chi connectivity index (χ0) is 17.9. The number of alkyl halides is 3. The number of carbonyl (C=O) groups excluding carboxylic acids is 1. The number of anilines is 1. The highest BCUT2D eigenvalue weighted by molar-refractivity contribution is 5.92. The fourth-order valence-electron chi connectivity index (χ4n) is 2.66. The Morgan fingerprint density at radius 2 is 1.84 bits per heavy atom. The van der Waals surface area contributed by atoms with E-state index in [0.717, 1.165) is 23.4 Å². The van der Waals surface area contributed by atoms with E-state index in [4.69, 9.17) is 4.74 Å². The Labute approximate surface area is 143 Å². The van der Waals surface area contributed by atoms with E-state index >= 15 is 0 Å². The number of hydrogen-bond acceptors (Lipinski definition) is 3. The predicted molar refractivity (Wildman–Crippen MR) is 87.3 cm³/mol. The van der Waals surface area contributed by atoms with E-state index < -0.39 is 11.7 Å². The highest BCUT2D eigenvalue weighted by Crippen LogP contribution is 2.29. The molecule has 0 atom stereocenters. The molecule has 2 aromatic rings. The molecule has 1 heterocycles. The van der Waals surface area contributed by atoms with E-state index in [0.29, 0.717) is 25.4 Å². The molecule has 2 aromatic carbocycles. The molecule has 0 spiro atoms. The molecular formula is C18H17F3N2O2. The number of carbonyl (C=O) groups is 1. The van der Waals surface area contributed by atoms with Crippen LogP contribution in [-0.2, 0) is 17.5 Å². The molecule has 0 saturated carbocycles. The summed E-state index contributed by atoms with van der Waals surface area (Å²) in [5.74, 6) is 0.535. The molecule has 0 fully saturated rings. The fraction of sp³-hybridized carbons (Fsp3) is 0.278. The summed E-state index contributed by atoms with van der Waals surface area (Å²) in [5, 5.41) is 2.62. The lowest BCUT2D eigenvalue weighted by atomic mass is 10.2. The third kappa shape index (κ3) is 4.51. The van der Waals surface area contributed by atoms with Crippen molar-refractivity contribution in [2.24, 2.45) is 0 Å². The van der Waals surface area contributed by atoms with Gasteiger partial charge in [0.15, 0.2) is 0 Å². The lowest BCUT2D eigenvalue weighted by molar-refractivity contribution is -0.137. The Bertz CT molecular complexity index is 745. The first-order valence-electron chi connectivity index (χ1n) is 7.82. The van der Waals surface area contributed by atoms with Crippen molar-refractivity contribution in [2.75, 3.05) is 25.0 Å². The number of fused-ring (bicyclic) bond motifs is 1. The van der Waals surface area contributed by atoms with Crippen molar-refractivity contribution in [3.05, 3.63) is 59.7 Å². The molecule has 0 aromatic heterocycles. The van der Waals surface area contributed by atoms with Crippen LogP contribution < -0.4 is 10.1 Å². The molecule has 0 unspecified atom stereocenters. The molecule has 132 valence electrons.